The molecule has 3 heterocycles. The predicted octanol–water partition coefficient (Wildman–Crippen LogP) is 3.13. The SMILES string of the molecule is C=CC(CCN1CCC[C@H](c2nn(-c3cccc4ccc(=O)[nH]c34)c(=O)[nH]2)C1)=NC(=C)C. The van der Waals surface area contributed by atoms with Crippen molar-refractivity contribution < 1.29 is 0 Å². The van der Waals surface area contributed by atoms with Crippen molar-refractivity contribution >= 4 is 16.6 Å². The van der Waals surface area contributed by atoms with Gasteiger partial charge in [-0.3, -0.25) is 14.8 Å². The highest BCUT2D eigenvalue weighted by Crippen LogP contribution is 2.25. The number of nitrogens with one attached hydrogen (secondary N) is 2. The lowest BCUT2D eigenvalue weighted by molar-refractivity contribution is 0.209. The number of allylic oxidation sites excluding steroid dienone is 2. The zero-order valence-electron chi connectivity index (χ0n) is 18.3. The van der Waals surface area contributed by atoms with E-state index in [4.69, 9.17) is 0 Å². The second-order valence-corrected chi connectivity index (χ2v) is 8.22. The number of nitrogens with zero attached hydrogens (tertiary/aromatic N) is 4. The minimum absolute atomic E-state index is 0.136. The molecule has 0 unspecified atom stereocenters. The number of piperidine rings is 1. The first-order chi connectivity index (χ1) is 15.4. The van der Waals surface area contributed by atoms with Gasteiger partial charge >= 0.3 is 5.69 Å². The fourth-order valence-electron chi connectivity index (χ4n) is 4.23. The van der Waals surface area contributed by atoms with Crippen LogP contribution in [0.15, 0.2) is 69.8 Å². The monoisotopic (exact) mass is 432 g/mol. The Morgan fingerprint density at radius 1 is 1.28 bits per heavy atom. The minimum Gasteiger partial charge on any atom is -0.320 e. The molecule has 0 spiro atoms. The quantitative estimate of drug-likeness (QED) is 0.560. The third-order valence-corrected chi connectivity index (χ3v) is 5.75. The Balaban J connectivity index is 1.55. The van der Waals surface area contributed by atoms with E-state index in [0.29, 0.717) is 17.0 Å². The highest BCUT2D eigenvalue weighted by Gasteiger charge is 2.25. The summed E-state index contributed by atoms with van der Waals surface area (Å²) in [5, 5.41) is 5.46. The number of aromatic nitrogens is 4. The number of rotatable bonds is 7. The maximum absolute atomic E-state index is 12.8. The van der Waals surface area contributed by atoms with Crippen LogP contribution in [-0.2, 0) is 0 Å². The molecule has 8 heteroatoms. The molecule has 1 atom stereocenters. The number of aromatic amines is 2. The van der Waals surface area contributed by atoms with Crippen LogP contribution in [0.5, 0.6) is 0 Å². The highest BCUT2D eigenvalue weighted by molar-refractivity contribution is 5.95. The van der Waals surface area contributed by atoms with Crippen LogP contribution < -0.4 is 11.2 Å². The number of hydrogen-bond donors (Lipinski definition) is 2. The van der Waals surface area contributed by atoms with Crippen LogP contribution in [0.25, 0.3) is 16.6 Å². The molecule has 8 nitrogen and oxygen atoms in total. The number of fused-ring (bicyclic) bond motifs is 1. The molecule has 32 heavy (non-hydrogen) atoms. The Bertz CT molecular complexity index is 1300. The van der Waals surface area contributed by atoms with Crippen molar-refractivity contribution in [3.05, 3.63) is 81.9 Å². The van der Waals surface area contributed by atoms with Crippen LogP contribution in [-0.4, -0.2) is 50.0 Å². The van der Waals surface area contributed by atoms with E-state index >= 15 is 0 Å². The molecule has 2 aromatic heterocycles. The van der Waals surface area contributed by atoms with Gasteiger partial charge in [-0.1, -0.05) is 25.3 Å². The van der Waals surface area contributed by atoms with E-state index in [-0.39, 0.29) is 17.2 Å². The minimum atomic E-state index is -0.308. The number of benzene rings is 1. The third-order valence-electron chi connectivity index (χ3n) is 5.75. The van der Waals surface area contributed by atoms with Gasteiger partial charge in [-0.25, -0.2) is 4.79 Å². The molecular formula is C24H28N6O2. The molecule has 0 bridgehead atoms. The van der Waals surface area contributed by atoms with E-state index in [1.165, 1.54) is 10.7 Å². The Morgan fingerprint density at radius 3 is 2.91 bits per heavy atom. The second kappa shape index (κ2) is 9.32. The Hall–Kier alpha value is -3.52. The van der Waals surface area contributed by atoms with E-state index in [9.17, 15) is 9.59 Å². The van der Waals surface area contributed by atoms with Gasteiger partial charge in [0.05, 0.1) is 11.2 Å². The van der Waals surface area contributed by atoms with E-state index < -0.39 is 0 Å². The molecule has 1 fully saturated rings. The van der Waals surface area contributed by atoms with Gasteiger partial charge in [0, 0.05) is 48.3 Å². The average molecular weight is 433 g/mol. The van der Waals surface area contributed by atoms with E-state index in [0.717, 1.165) is 55.7 Å². The molecule has 1 aliphatic rings. The summed E-state index contributed by atoms with van der Waals surface area (Å²) < 4.78 is 1.35. The van der Waals surface area contributed by atoms with Crippen LogP contribution >= 0.6 is 0 Å². The van der Waals surface area contributed by atoms with Crippen LogP contribution in [0.4, 0.5) is 0 Å². The molecule has 1 aromatic carbocycles. The second-order valence-electron chi connectivity index (χ2n) is 8.22. The third kappa shape index (κ3) is 4.70. The van der Waals surface area contributed by atoms with Crippen LogP contribution in [0.2, 0.25) is 0 Å². The maximum Gasteiger partial charge on any atom is 0.348 e. The van der Waals surface area contributed by atoms with Gasteiger partial charge in [-0.05, 0) is 44.5 Å². The number of H-pyrrole nitrogens is 2. The van der Waals surface area contributed by atoms with Crippen molar-refractivity contribution in [2.24, 2.45) is 4.99 Å². The number of pyridine rings is 1. The largest absolute Gasteiger partial charge is 0.348 e. The first-order valence-corrected chi connectivity index (χ1v) is 10.8. The van der Waals surface area contributed by atoms with Gasteiger partial charge in [0.25, 0.3) is 0 Å². The van der Waals surface area contributed by atoms with Gasteiger partial charge < -0.3 is 9.88 Å². The summed E-state index contributed by atoms with van der Waals surface area (Å²) >= 11 is 0. The summed E-state index contributed by atoms with van der Waals surface area (Å²) in [6.07, 6.45) is 4.58. The molecular weight excluding hydrogens is 404 g/mol. The normalized spacial score (nSPS) is 17.5. The Kier molecular flexibility index (Phi) is 6.32. The fourth-order valence-corrected chi connectivity index (χ4v) is 4.23. The molecule has 0 radical (unpaired) electrons. The lowest BCUT2D eigenvalue weighted by Crippen LogP contribution is -2.36. The summed E-state index contributed by atoms with van der Waals surface area (Å²) in [5.41, 5.74) is 2.34. The van der Waals surface area contributed by atoms with Crippen molar-refractivity contribution in [2.45, 2.75) is 32.1 Å². The molecule has 2 N–H and O–H groups in total. The van der Waals surface area contributed by atoms with E-state index in [2.05, 4.69) is 38.1 Å². The van der Waals surface area contributed by atoms with Gasteiger partial charge in [-0.15, -0.1) is 5.10 Å². The van der Waals surface area contributed by atoms with Crippen molar-refractivity contribution in [3.8, 4) is 5.69 Å². The van der Waals surface area contributed by atoms with Gasteiger partial charge in [0.2, 0.25) is 5.56 Å². The van der Waals surface area contributed by atoms with Crippen molar-refractivity contribution in [2.75, 3.05) is 19.6 Å². The van der Waals surface area contributed by atoms with Gasteiger partial charge in [0.1, 0.15) is 5.82 Å². The number of aliphatic imine (C=N–C) groups is 1. The van der Waals surface area contributed by atoms with Crippen molar-refractivity contribution in [3.63, 3.8) is 0 Å². The zero-order valence-corrected chi connectivity index (χ0v) is 18.3. The van der Waals surface area contributed by atoms with E-state index in [1.54, 1.807) is 18.2 Å². The topological polar surface area (TPSA) is 99.1 Å². The molecule has 4 rings (SSSR count). The summed E-state index contributed by atoms with van der Waals surface area (Å²) in [7, 11) is 0. The van der Waals surface area contributed by atoms with Crippen LogP contribution in [0.3, 0.4) is 0 Å². The highest BCUT2D eigenvalue weighted by atomic mass is 16.2. The summed E-state index contributed by atoms with van der Waals surface area (Å²) in [6, 6.07) is 8.74. The molecule has 1 aliphatic heterocycles. The Morgan fingerprint density at radius 2 is 2.12 bits per heavy atom. The number of likely N-dealkylation sites (tertiary alicyclic amines) is 1. The van der Waals surface area contributed by atoms with Gasteiger partial charge in [-0.2, -0.15) is 4.68 Å². The molecule has 0 amide bonds. The zero-order chi connectivity index (χ0) is 22.7. The van der Waals surface area contributed by atoms with E-state index in [1.807, 2.05) is 19.1 Å². The van der Waals surface area contributed by atoms with Crippen molar-refractivity contribution in [1.29, 1.82) is 0 Å². The molecule has 3 aromatic rings. The molecule has 0 aliphatic carbocycles. The average Bonchev–Trinajstić information content (AvgIpc) is 3.17. The maximum atomic E-state index is 12.8. The first-order valence-electron chi connectivity index (χ1n) is 10.8. The predicted molar refractivity (Wildman–Crippen MR) is 128 cm³/mol. The van der Waals surface area contributed by atoms with Crippen LogP contribution in [0, 0.1) is 0 Å². The van der Waals surface area contributed by atoms with Crippen LogP contribution in [0.1, 0.15) is 37.9 Å². The lowest BCUT2D eigenvalue weighted by atomic mass is 9.97. The summed E-state index contributed by atoms with van der Waals surface area (Å²) in [4.78, 5) is 37.2. The summed E-state index contributed by atoms with van der Waals surface area (Å²) in [5.74, 6) is 0.812. The van der Waals surface area contributed by atoms with Gasteiger partial charge in [0.15, 0.2) is 0 Å². The van der Waals surface area contributed by atoms with Crippen molar-refractivity contribution in [1.82, 2.24) is 24.6 Å². The molecule has 1 saturated heterocycles. The smallest absolute Gasteiger partial charge is 0.320 e. The fraction of sp³-hybridized carbons (Fsp3) is 0.333. The first kappa shape index (κ1) is 21.7. The standard InChI is InChI=1S/C24H28N6O2/c1-4-19(25-16(2)3)12-14-29-13-6-8-18(15-29)23-27-24(32)30(28-23)20-9-5-7-17-10-11-21(31)26-22(17)20/h4-5,7,9-11,18H,1-2,6,8,12-15H2,3H3,(H,26,31)(H,27,28,32)/t18-/m0/s1. The number of hydrogen-bond acceptors (Lipinski definition) is 5. The Labute approximate surface area is 186 Å². The lowest BCUT2D eigenvalue weighted by Gasteiger charge is -2.31. The summed E-state index contributed by atoms with van der Waals surface area (Å²) in [6.45, 7) is 12.2. The molecule has 0 saturated carbocycles. The molecule has 166 valence electrons. The number of para-hydroxylation sites is 1.